The molecule has 1 unspecified atom stereocenters. The minimum atomic E-state index is -2.69. The fourth-order valence-corrected chi connectivity index (χ4v) is 2.55. The van der Waals surface area contributed by atoms with Crippen molar-refractivity contribution in [3.63, 3.8) is 0 Å². The minimum Gasteiger partial charge on any atom is -0.335 e. The molecule has 2 N–H and O–H groups in total. The molecule has 5 heteroatoms. The number of fused-ring (bicyclic) bond motifs is 1. The van der Waals surface area contributed by atoms with Gasteiger partial charge in [-0.3, -0.25) is 0 Å². The highest BCUT2D eigenvalue weighted by Gasteiger charge is 2.71. The van der Waals surface area contributed by atoms with E-state index in [4.69, 9.17) is 5.73 Å². The Morgan fingerprint density at radius 1 is 1.53 bits per heavy atom. The Morgan fingerprint density at radius 2 is 2.24 bits per heavy atom. The predicted molar refractivity (Wildman–Crippen MR) is 61.0 cm³/mol. The number of nitrogens with zero attached hydrogens (tertiary/aromatic N) is 2. The zero-order valence-corrected chi connectivity index (χ0v) is 9.45. The van der Waals surface area contributed by atoms with Crippen LogP contribution in [0.1, 0.15) is 12.0 Å². The van der Waals surface area contributed by atoms with Crippen molar-refractivity contribution in [3.05, 3.63) is 30.1 Å². The van der Waals surface area contributed by atoms with E-state index in [-0.39, 0.29) is 13.0 Å². The third kappa shape index (κ3) is 1.20. The lowest BCUT2D eigenvalue weighted by Crippen LogP contribution is -2.26. The normalized spacial score (nSPS) is 26.4. The molecule has 2 heterocycles. The second-order valence-corrected chi connectivity index (χ2v) is 4.70. The van der Waals surface area contributed by atoms with Crippen molar-refractivity contribution in [1.29, 1.82) is 0 Å². The first-order chi connectivity index (χ1) is 8.02. The molecule has 0 aromatic carbocycles. The molecule has 1 aliphatic rings. The van der Waals surface area contributed by atoms with Crippen LogP contribution in [-0.2, 0) is 12.5 Å². The first-order valence-corrected chi connectivity index (χ1v) is 5.50. The zero-order chi connectivity index (χ0) is 12.3. The summed E-state index contributed by atoms with van der Waals surface area (Å²) in [4.78, 5) is 4.20. The predicted octanol–water partition coefficient (Wildman–Crippen LogP) is 1.81. The quantitative estimate of drug-likeness (QED) is 0.865. The summed E-state index contributed by atoms with van der Waals surface area (Å²) in [7, 11) is 1.81. The van der Waals surface area contributed by atoms with Gasteiger partial charge in [0.15, 0.2) is 0 Å². The summed E-state index contributed by atoms with van der Waals surface area (Å²) >= 11 is 0. The maximum Gasteiger partial charge on any atom is 0.260 e. The Balaban J connectivity index is 2.26. The van der Waals surface area contributed by atoms with Crippen LogP contribution in [0.2, 0.25) is 0 Å². The summed E-state index contributed by atoms with van der Waals surface area (Å²) in [5.74, 6) is -2.69. The second-order valence-electron chi connectivity index (χ2n) is 4.70. The standard InChI is InChI=1S/C12H13F2N3/c1-17-5-9(8-3-2-4-16-10(8)17)11(7-15)6-12(11,13)14/h2-5H,6-7,15H2,1H3. The summed E-state index contributed by atoms with van der Waals surface area (Å²) in [6.07, 6.45) is 3.22. The lowest BCUT2D eigenvalue weighted by molar-refractivity contribution is 0.0899. The smallest absolute Gasteiger partial charge is 0.260 e. The lowest BCUT2D eigenvalue weighted by Gasteiger charge is -2.12. The molecule has 3 rings (SSSR count). The van der Waals surface area contributed by atoms with Gasteiger partial charge in [0.05, 0.1) is 5.41 Å². The molecule has 0 saturated heterocycles. The van der Waals surface area contributed by atoms with Gasteiger partial charge in [0.2, 0.25) is 0 Å². The molecule has 1 fully saturated rings. The first kappa shape index (κ1) is 10.7. The largest absolute Gasteiger partial charge is 0.335 e. The molecule has 3 nitrogen and oxygen atoms in total. The van der Waals surface area contributed by atoms with Crippen LogP contribution in [0.4, 0.5) is 8.78 Å². The number of aromatic nitrogens is 2. The monoisotopic (exact) mass is 237 g/mol. The Kier molecular flexibility index (Phi) is 1.91. The van der Waals surface area contributed by atoms with Gasteiger partial charge in [-0.25, -0.2) is 13.8 Å². The summed E-state index contributed by atoms with van der Waals surface area (Å²) < 4.78 is 28.9. The van der Waals surface area contributed by atoms with E-state index in [1.165, 1.54) is 0 Å². The molecule has 0 radical (unpaired) electrons. The third-order valence-corrected chi connectivity index (χ3v) is 3.70. The maximum atomic E-state index is 13.6. The number of alkyl halides is 2. The van der Waals surface area contributed by atoms with E-state index in [2.05, 4.69) is 4.98 Å². The molecule has 2 aromatic heterocycles. The van der Waals surface area contributed by atoms with Crippen molar-refractivity contribution in [1.82, 2.24) is 9.55 Å². The van der Waals surface area contributed by atoms with E-state index in [0.717, 1.165) is 11.0 Å². The van der Waals surface area contributed by atoms with E-state index in [1.807, 2.05) is 13.1 Å². The molecule has 1 atom stereocenters. The Labute approximate surface area is 97.2 Å². The molecule has 1 saturated carbocycles. The number of pyridine rings is 1. The molecular weight excluding hydrogens is 224 g/mol. The molecule has 0 bridgehead atoms. The molecule has 1 aliphatic carbocycles. The summed E-state index contributed by atoms with van der Waals surface area (Å²) in [5, 5.41) is 0.776. The van der Waals surface area contributed by atoms with Gasteiger partial charge in [0, 0.05) is 37.8 Å². The fourth-order valence-electron chi connectivity index (χ4n) is 2.55. The third-order valence-electron chi connectivity index (χ3n) is 3.70. The van der Waals surface area contributed by atoms with Crippen LogP contribution < -0.4 is 5.73 Å². The highest BCUT2D eigenvalue weighted by Crippen LogP contribution is 2.62. The van der Waals surface area contributed by atoms with Crippen molar-refractivity contribution >= 4 is 11.0 Å². The molecule has 17 heavy (non-hydrogen) atoms. The molecule has 90 valence electrons. The van der Waals surface area contributed by atoms with E-state index in [1.54, 1.807) is 23.0 Å². The van der Waals surface area contributed by atoms with Crippen molar-refractivity contribution in [2.75, 3.05) is 6.54 Å². The zero-order valence-electron chi connectivity index (χ0n) is 9.45. The summed E-state index contributed by atoms with van der Waals surface area (Å²) in [5.41, 5.74) is 5.72. The van der Waals surface area contributed by atoms with Crippen LogP contribution in [0.5, 0.6) is 0 Å². The van der Waals surface area contributed by atoms with Gasteiger partial charge >= 0.3 is 0 Å². The van der Waals surface area contributed by atoms with E-state index < -0.39 is 11.3 Å². The average molecular weight is 237 g/mol. The van der Waals surface area contributed by atoms with Gasteiger partial charge in [0.25, 0.3) is 5.92 Å². The van der Waals surface area contributed by atoms with Gasteiger partial charge in [-0.1, -0.05) is 0 Å². The number of hydrogen-bond donors (Lipinski definition) is 1. The number of nitrogens with two attached hydrogens (primary N) is 1. The number of hydrogen-bond acceptors (Lipinski definition) is 2. The second kappa shape index (κ2) is 3.04. The number of aryl methyl sites for hydroxylation is 1. The van der Waals surface area contributed by atoms with E-state index >= 15 is 0 Å². The van der Waals surface area contributed by atoms with Gasteiger partial charge < -0.3 is 10.3 Å². The molecule has 2 aromatic rings. The van der Waals surface area contributed by atoms with Gasteiger partial charge in [-0.05, 0) is 17.7 Å². The van der Waals surface area contributed by atoms with Gasteiger partial charge in [-0.2, -0.15) is 0 Å². The lowest BCUT2D eigenvalue weighted by atomic mass is 9.95. The van der Waals surface area contributed by atoms with Gasteiger partial charge in [0.1, 0.15) is 5.65 Å². The summed E-state index contributed by atoms with van der Waals surface area (Å²) in [6, 6.07) is 3.58. The topological polar surface area (TPSA) is 43.8 Å². The maximum absolute atomic E-state index is 13.6. The Bertz CT molecular complexity index is 590. The minimum absolute atomic E-state index is 0.0337. The van der Waals surface area contributed by atoms with Crippen molar-refractivity contribution in [2.45, 2.75) is 17.8 Å². The summed E-state index contributed by atoms with van der Waals surface area (Å²) in [6.45, 7) is -0.0337. The molecule has 0 aliphatic heterocycles. The van der Waals surface area contributed by atoms with Crippen molar-refractivity contribution < 1.29 is 8.78 Å². The van der Waals surface area contributed by atoms with E-state index in [0.29, 0.717) is 5.56 Å². The van der Waals surface area contributed by atoms with E-state index in [9.17, 15) is 8.78 Å². The fraction of sp³-hybridized carbons (Fsp3) is 0.417. The first-order valence-electron chi connectivity index (χ1n) is 5.50. The number of halogens is 2. The van der Waals surface area contributed by atoms with Crippen molar-refractivity contribution in [3.8, 4) is 0 Å². The van der Waals surface area contributed by atoms with Crippen LogP contribution in [0.3, 0.4) is 0 Å². The van der Waals surface area contributed by atoms with Crippen LogP contribution >= 0.6 is 0 Å². The Morgan fingerprint density at radius 3 is 2.82 bits per heavy atom. The van der Waals surface area contributed by atoms with Gasteiger partial charge in [-0.15, -0.1) is 0 Å². The molecule has 0 spiro atoms. The van der Waals surface area contributed by atoms with Crippen LogP contribution in [0.25, 0.3) is 11.0 Å². The number of rotatable bonds is 2. The molecule has 0 amide bonds. The van der Waals surface area contributed by atoms with Crippen molar-refractivity contribution in [2.24, 2.45) is 12.8 Å². The van der Waals surface area contributed by atoms with Crippen LogP contribution in [-0.4, -0.2) is 22.0 Å². The SMILES string of the molecule is Cn1cc(C2(CN)CC2(F)F)c2cccnc21. The van der Waals surface area contributed by atoms with Crippen LogP contribution in [0.15, 0.2) is 24.5 Å². The highest BCUT2D eigenvalue weighted by molar-refractivity contribution is 5.82. The van der Waals surface area contributed by atoms with Crippen LogP contribution in [0, 0.1) is 0 Å². The highest BCUT2D eigenvalue weighted by atomic mass is 19.3. The average Bonchev–Trinajstić information content (AvgIpc) is 2.72. The molecular formula is C12H13F2N3. The Hall–Kier alpha value is -1.49.